The predicted molar refractivity (Wildman–Crippen MR) is 57.5 cm³/mol. The van der Waals surface area contributed by atoms with Crippen LogP contribution in [0.3, 0.4) is 0 Å². The fraction of sp³-hybridized carbons (Fsp3) is 0.111. The number of aromatic nitrogens is 3. The maximum atomic E-state index is 11.1. The second-order valence-electron chi connectivity index (χ2n) is 3.23. The van der Waals surface area contributed by atoms with Gasteiger partial charge in [-0.3, -0.25) is 0 Å². The highest BCUT2D eigenvalue weighted by atomic mass is 32.2. The maximum absolute atomic E-state index is 11.1. The summed E-state index contributed by atoms with van der Waals surface area (Å²) in [5, 5.41) is 8.43. The number of para-hydroxylation sites is 1. The molecule has 16 heavy (non-hydrogen) atoms. The molecule has 6 nitrogen and oxygen atoms in total. The molecule has 0 fully saturated rings. The number of primary sulfonamides is 1. The summed E-state index contributed by atoms with van der Waals surface area (Å²) >= 11 is 0. The van der Waals surface area contributed by atoms with Gasteiger partial charge in [0.25, 0.3) is 15.2 Å². The number of sulfonamides is 1. The highest BCUT2D eigenvalue weighted by molar-refractivity contribution is 7.89. The summed E-state index contributed by atoms with van der Waals surface area (Å²) in [5.74, 6) is 0.468. The first kappa shape index (κ1) is 10.8. The highest BCUT2D eigenvalue weighted by Crippen LogP contribution is 2.10. The van der Waals surface area contributed by atoms with Crippen LogP contribution in [-0.2, 0) is 10.0 Å². The molecule has 0 amide bonds. The van der Waals surface area contributed by atoms with Gasteiger partial charge in [0.2, 0.25) is 0 Å². The van der Waals surface area contributed by atoms with E-state index < -0.39 is 10.0 Å². The Hall–Kier alpha value is -1.73. The van der Waals surface area contributed by atoms with E-state index in [1.54, 1.807) is 19.1 Å². The van der Waals surface area contributed by atoms with Crippen LogP contribution in [0.25, 0.3) is 5.69 Å². The first-order chi connectivity index (χ1) is 7.48. The third kappa shape index (κ3) is 1.95. The van der Waals surface area contributed by atoms with Crippen LogP contribution in [0.2, 0.25) is 0 Å². The third-order valence-corrected chi connectivity index (χ3v) is 2.69. The van der Waals surface area contributed by atoms with Gasteiger partial charge in [-0.15, -0.1) is 5.10 Å². The van der Waals surface area contributed by atoms with Crippen LogP contribution in [0.4, 0.5) is 0 Å². The summed E-state index contributed by atoms with van der Waals surface area (Å²) < 4.78 is 23.6. The molecule has 0 aliphatic carbocycles. The Morgan fingerprint density at radius 1 is 1.25 bits per heavy atom. The molecule has 7 heteroatoms. The quantitative estimate of drug-likeness (QED) is 0.810. The molecule has 2 aromatic rings. The number of hydrogen-bond acceptors (Lipinski definition) is 4. The van der Waals surface area contributed by atoms with Crippen molar-refractivity contribution in [3.05, 3.63) is 36.2 Å². The largest absolute Gasteiger partial charge is 0.282 e. The van der Waals surface area contributed by atoms with Crippen LogP contribution in [0, 0.1) is 6.92 Å². The zero-order valence-corrected chi connectivity index (χ0v) is 9.35. The van der Waals surface area contributed by atoms with E-state index in [9.17, 15) is 8.42 Å². The van der Waals surface area contributed by atoms with Crippen LogP contribution >= 0.6 is 0 Å². The Morgan fingerprint density at radius 2 is 1.88 bits per heavy atom. The molecule has 0 aliphatic heterocycles. The van der Waals surface area contributed by atoms with Gasteiger partial charge >= 0.3 is 0 Å². The van der Waals surface area contributed by atoms with Crippen LogP contribution in [0.1, 0.15) is 5.82 Å². The molecule has 0 saturated heterocycles. The fourth-order valence-electron chi connectivity index (χ4n) is 1.30. The van der Waals surface area contributed by atoms with Gasteiger partial charge in [-0.05, 0) is 19.1 Å². The van der Waals surface area contributed by atoms with Gasteiger partial charge in [-0.2, -0.15) is 0 Å². The van der Waals surface area contributed by atoms with Gasteiger partial charge in [-0.25, -0.2) is 23.2 Å². The predicted octanol–water partition coefficient (Wildman–Crippen LogP) is 0.223. The smallest absolute Gasteiger partial charge is 0.222 e. The molecule has 0 atom stereocenters. The van der Waals surface area contributed by atoms with Crippen molar-refractivity contribution in [2.75, 3.05) is 0 Å². The van der Waals surface area contributed by atoms with E-state index in [0.717, 1.165) is 5.69 Å². The van der Waals surface area contributed by atoms with Crippen molar-refractivity contribution < 1.29 is 8.42 Å². The third-order valence-electron chi connectivity index (χ3n) is 2.00. The minimum absolute atomic E-state index is 0.367. The van der Waals surface area contributed by atoms with E-state index >= 15 is 0 Å². The Kier molecular flexibility index (Phi) is 2.49. The van der Waals surface area contributed by atoms with Gasteiger partial charge in [0.1, 0.15) is 5.82 Å². The highest BCUT2D eigenvalue weighted by Gasteiger charge is 2.16. The normalized spacial score (nSPS) is 11.6. The molecule has 1 aromatic carbocycles. The number of benzene rings is 1. The van der Waals surface area contributed by atoms with Gasteiger partial charge in [0.15, 0.2) is 0 Å². The van der Waals surface area contributed by atoms with Crippen molar-refractivity contribution in [3.8, 4) is 5.69 Å². The lowest BCUT2D eigenvalue weighted by molar-refractivity contribution is 0.588. The Bertz CT molecular complexity index is 604. The van der Waals surface area contributed by atoms with Gasteiger partial charge in [-0.1, -0.05) is 18.2 Å². The van der Waals surface area contributed by atoms with E-state index in [1.165, 1.54) is 4.68 Å². The molecule has 0 radical (unpaired) electrons. The van der Waals surface area contributed by atoms with Crippen molar-refractivity contribution in [3.63, 3.8) is 0 Å². The van der Waals surface area contributed by atoms with Crippen molar-refractivity contribution in [2.24, 2.45) is 5.14 Å². The molecule has 0 unspecified atom stereocenters. The number of nitrogens with zero attached hydrogens (tertiary/aromatic N) is 3. The summed E-state index contributed by atoms with van der Waals surface area (Å²) in [7, 11) is -3.86. The van der Waals surface area contributed by atoms with Gasteiger partial charge in [0.05, 0.1) is 5.69 Å². The average Bonchev–Trinajstić information content (AvgIpc) is 2.61. The van der Waals surface area contributed by atoms with E-state index in [0.29, 0.717) is 5.82 Å². The summed E-state index contributed by atoms with van der Waals surface area (Å²) in [6, 6.07) is 9.11. The van der Waals surface area contributed by atoms with Crippen molar-refractivity contribution in [1.82, 2.24) is 14.8 Å². The molecule has 0 aliphatic rings. The first-order valence-electron chi connectivity index (χ1n) is 4.50. The summed E-state index contributed by atoms with van der Waals surface area (Å²) in [5.41, 5.74) is 0.738. The topological polar surface area (TPSA) is 90.9 Å². The monoisotopic (exact) mass is 238 g/mol. The molecular formula is C9H10N4O2S. The standard InChI is InChI=1S/C9H10N4O2S/c1-7-11-9(16(10,14)15)12-13(7)8-5-3-2-4-6-8/h2-6H,1H3,(H2,10,14,15). The molecule has 2 N–H and O–H groups in total. The van der Waals surface area contributed by atoms with Crippen molar-refractivity contribution in [1.29, 1.82) is 0 Å². The fourth-order valence-corrected chi connectivity index (χ4v) is 1.76. The van der Waals surface area contributed by atoms with E-state index in [-0.39, 0.29) is 5.16 Å². The summed E-state index contributed by atoms with van der Waals surface area (Å²) in [6.45, 7) is 1.66. The molecule has 0 spiro atoms. The lowest BCUT2D eigenvalue weighted by Crippen LogP contribution is -2.14. The van der Waals surface area contributed by atoms with Crippen LogP contribution in [0.5, 0.6) is 0 Å². The second-order valence-corrected chi connectivity index (χ2v) is 4.69. The van der Waals surface area contributed by atoms with Gasteiger partial charge in [0, 0.05) is 0 Å². The van der Waals surface area contributed by atoms with E-state index in [2.05, 4.69) is 10.1 Å². The maximum Gasteiger partial charge on any atom is 0.282 e. The second kappa shape index (κ2) is 3.69. The molecule has 1 aromatic heterocycles. The molecule has 84 valence electrons. The van der Waals surface area contributed by atoms with Gasteiger partial charge < -0.3 is 0 Å². The zero-order chi connectivity index (χ0) is 11.8. The minimum Gasteiger partial charge on any atom is -0.222 e. The van der Waals surface area contributed by atoms with Crippen LogP contribution < -0.4 is 5.14 Å². The van der Waals surface area contributed by atoms with E-state index in [4.69, 9.17) is 5.14 Å². The van der Waals surface area contributed by atoms with Crippen molar-refractivity contribution in [2.45, 2.75) is 12.1 Å². The van der Waals surface area contributed by atoms with Crippen molar-refractivity contribution >= 4 is 10.0 Å². The lowest BCUT2D eigenvalue weighted by atomic mass is 10.3. The number of rotatable bonds is 2. The van der Waals surface area contributed by atoms with E-state index in [1.807, 2.05) is 18.2 Å². The number of hydrogen-bond donors (Lipinski definition) is 1. The Balaban J connectivity index is 2.57. The molecule has 2 rings (SSSR count). The average molecular weight is 238 g/mol. The number of nitrogens with two attached hydrogens (primary N) is 1. The molecule has 0 bridgehead atoms. The molecule has 1 heterocycles. The van der Waals surface area contributed by atoms with Crippen LogP contribution in [0.15, 0.2) is 35.5 Å². The minimum atomic E-state index is -3.86. The summed E-state index contributed by atoms with van der Waals surface area (Å²) in [4.78, 5) is 3.80. The number of aryl methyl sites for hydroxylation is 1. The Morgan fingerprint density at radius 3 is 2.38 bits per heavy atom. The lowest BCUT2D eigenvalue weighted by Gasteiger charge is -2.00. The first-order valence-corrected chi connectivity index (χ1v) is 6.05. The summed E-state index contributed by atoms with van der Waals surface area (Å²) in [6.07, 6.45) is 0. The Labute approximate surface area is 92.8 Å². The SMILES string of the molecule is Cc1nc(S(N)(=O)=O)nn1-c1ccccc1. The molecular weight excluding hydrogens is 228 g/mol. The van der Waals surface area contributed by atoms with Crippen LogP contribution in [-0.4, -0.2) is 23.2 Å². The zero-order valence-electron chi connectivity index (χ0n) is 8.53. The molecule has 0 saturated carbocycles.